The molecule has 2 rings (SSSR count). The Hall–Kier alpha value is -0.520. The van der Waals surface area contributed by atoms with Gasteiger partial charge in [-0.05, 0) is 19.6 Å². The second-order valence-electron chi connectivity index (χ2n) is 4.39. The number of rotatable bonds is 3. The zero-order valence-electron chi connectivity index (χ0n) is 10.9. The van der Waals surface area contributed by atoms with Crippen LogP contribution in [0, 0.1) is 0 Å². The van der Waals surface area contributed by atoms with Crippen molar-refractivity contribution in [3.8, 4) is 0 Å². The Morgan fingerprint density at radius 2 is 2.33 bits per heavy atom. The van der Waals surface area contributed by atoms with E-state index in [1.807, 2.05) is 12.3 Å². The summed E-state index contributed by atoms with van der Waals surface area (Å²) in [6.45, 7) is 5.83. The molecule has 0 spiro atoms. The maximum Gasteiger partial charge on any atom is 0.190 e. The maximum atomic E-state index is 6.05. The van der Waals surface area contributed by atoms with Crippen LogP contribution in [0.25, 0.3) is 0 Å². The first-order chi connectivity index (χ1) is 8.63. The zero-order valence-corrected chi connectivity index (χ0v) is 12.5. The second-order valence-corrected chi connectivity index (χ2v) is 5.55. The lowest BCUT2D eigenvalue weighted by molar-refractivity contribution is 0.0295. The third kappa shape index (κ3) is 3.08. The van der Waals surface area contributed by atoms with Crippen LogP contribution in [0.15, 0.2) is 11.2 Å². The minimum atomic E-state index is 0.222. The molecule has 1 aromatic rings. The van der Waals surface area contributed by atoms with Crippen molar-refractivity contribution in [3.63, 3.8) is 0 Å². The standard InChI is InChI=1S/C12H18ClN3OS/c1-4-9-7-17-8(2)6-16(9)11-5-10(13)14-12(15-11)18-3/h5,8-9H,4,6-7H2,1-3H3. The van der Waals surface area contributed by atoms with E-state index in [1.165, 1.54) is 11.8 Å². The van der Waals surface area contributed by atoms with Crippen LogP contribution in [0.3, 0.4) is 0 Å². The predicted molar refractivity (Wildman–Crippen MR) is 75.7 cm³/mol. The first-order valence-corrected chi connectivity index (χ1v) is 7.71. The average Bonchev–Trinajstić information content (AvgIpc) is 2.38. The van der Waals surface area contributed by atoms with Crippen LogP contribution in [0.1, 0.15) is 20.3 Å². The Morgan fingerprint density at radius 3 is 3.00 bits per heavy atom. The van der Waals surface area contributed by atoms with Gasteiger partial charge >= 0.3 is 0 Å². The number of halogens is 1. The molecule has 0 aliphatic carbocycles. The summed E-state index contributed by atoms with van der Waals surface area (Å²) in [6, 6.07) is 2.20. The highest BCUT2D eigenvalue weighted by atomic mass is 35.5. The minimum absolute atomic E-state index is 0.222. The van der Waals surface area contributed by atoms with Crippen LogP contribution in [0.5, 0.6) is 0 Å². The molecule has 0 radical (unpaired) electrons. The van der Waals surface area contributed by atoms with Gasteiger partial charge in [0.05, 0.1) is 18.8 Å². The Morgan fingerprint density at radius 1 is 1.56 bits per heavy atom. The van der Waals surface area contributed by atoms with E-state index < -0.39 is 0 Å². The fourth-order valence-corrected chi connectivity index (χ4v) is 2.69. The Balaban J connectivity index is 2.29. The molecule has 100 valence electrons. The number of nitrogens with zero attached hydrogens (tertiary/aromatic N) is 3. The van der Waals surface area contributed by atoms with E-state index in [4.69, 9.17) is 16.3 Å². The van der Waals surface area contributed by atoms with E-state index in [1.54, 1.807) is 0 Å². The third-order valence-electron chi connectivity index (χ3n) is 3.08. The summed E-state index contributed by atoms with van der Waals surface area (Å²) < 4.78 is 5.70. The van der Waals surface area contributed by atoms with Crippen molar-refractivity contribution in [1.29, 1.82) is 0 Å². The molecule has 18 heavy (non-hydrogen) atoms. The molecule has 1 saturated heterocycles. The lowest BCUT2D eigenvalue weighted by Crippen LogP contribution is -2.49. The lowest BCUT2D eigenvalue weighted by atomic mass is 10.1. The highest BCUT2D eigenvalue weighted by Crippen LogP contribution is 2.25. The van der Waals surface area contributed by atoms with Crippen molar-refractivity contribution in [2.75, 3.05) is 24.3 Å². The molecule has 0 N–H and O–H groups in total. The molecule has 0 saturated carbocycles. The number of hydrogen-bond acceptors (Lipinski definition) is 5. The number of ether oxygens (including phenoxy) is 1. The zero-order chi connectivity index (χ0) is 13.1. The lowest BCUT2D eigenvalue weighted by Gasteiger charge is -2.39. The summed E-state index contributed by atoms with van der Waals surface area (Å²) in [5.41, 5.74) is 0. The Bertz CT molecular complexity index is 418. The maximum absolute atomic E-state index is 6.05. The van der Waals surface area contributed by atoms with Gasteiger partial charge in [0.25, 0.3) is 0 Å². The topological polar surface area (TPSA) is 38.2 Å². The van der Waals surface area contributed by atoms with E-state index in [2.05, 4.69) is 28.7 Å². The normalized spacial score (nSPS) is 24.3. The van der Waals surface area contributed by atoms with Crippen LogP contribution < -0.4 is 4.90 Å². The number of anilines is 1. The van der Waals surface area contributed by atoms with Gasteiger partial charge in [0.1, 0.15) is 11.0 Å². The molecule has 2 atom stereocenters. The van der Waals surface area contributed by atoms with Gasteiger partial charge in [-0.25, -0.2) is 9.97 Å². The first-order valence-electron chi connectivity index (χ1n) is 6.10. The first kappa shape index (κ1) is 13.9. The van der Waals surface area contributed by atoms with Crippen LogP contribution in [0.4, 0.5) is 5.82 Å². The van der Waals surface area contributed by atoms with E-state index in [-0.39, 0.29) is 6.10 Å². The molecular weight excluding hydrogens is 270 g/mol. The molecule has 0 bridgehead atoms. The van der Waals surface area contributed by atoms with Crippen LogP contribution in [0.2, 0.25) is 5.15 Å². The van der Waals surface area contributed by atoms with Crippen LogP contribution in [-0.2, 0) is 4.74 Å². The summed E-state index contributed by atoms with van der Waals surface area (Å²) in [7, 11) is 0. The molecule has 1 aliphatic rings. The SMILES string of the molecule is CCC1COC(C)CN1c1cc(Cl)nc(SC)n1. The van der Waals surface area contributed by atoms with E-state index in [0.717, 1.165) is 25.4 Å². The summed E-state index contributed by atoms with van der Waals surface area (Å²) in [5.74, 6) is 0.904. The van der Waals surface area contributed by atoms with Gasteiger partial charge in [0, 0.05) is 12.6 Å². The highest BCUT2D eigenvalue weighted by molar-refractivity contribution is 7.98. The van der Waals surface area contributed by atoms with Gasteiger partial charge in [-0.3, -0.25) is 0 Å². The quantitative estimate of drug-likeness (QED) is 0.485. The molecule has 4 nitrogen and oxygen atoms in total. The third-order valence-corrected chi connectivity index (χ3v) is 3.82. The largest absolute Gasteiger partial charge is 0.375 e. The smallest absolute Gasteiger partial charge is 0.190 e. The second kappa shape index (κ2) is 6.08. The van der Waals surface area contributed by atoms with E-state index in [0.29, 0.717) is 16.4 Å². The molecule has 1 aliphatic heterocycles. The molecule has 0 amide bonds. The summed E-state index contributed by atoms with van der Waals surface area (Å²) >= 11 is 7.56. The molecule has 1 aromatic heterocycles. The molecule has 2 heterocycles. The highest BCUT2D eigenvalue weighted by Gasteiger charge is 2.27. The van der Waals surface area contributed by atoms with Crippen molar-refractivity contribution in [3.05, 3.63) is 11.2 Å². The van der Waals surface area contributed by atoms with Gasteiger partial charge in [0.2, 0.25) is 0 Å². The van der Waals surface area contributed by atoms with Gasteiger partial charge < -0.3 is 9.64 Å². The van der Waals surface area contributed by atoms with Crippen molar-refractivity contribution in [1.82, 2.24) is 9.97 Å². The summed E-state index contributed by atoms with van der Waals surface area (Å²) in [5, 5.41) is 1.21. The molecule has 0 aromatic carbocycles. The monoisotopic (exact) mass is 287 g/mol. The number of thioether (sulfide) groups is 1. The molecule has 2 unspecified atom stereocenters. The molecule has 1 fully saturated rings. The van der Waals surface area contributed by atoms with Gasteiger partial charge in [-0.1, -0.05) is 30.3 Å². The van der Waals surface area contributed by atoms with Crippen molar-refractivity contribution < 1.29 is 4.74 Å². The predicted octanol–water partition coefficient (Wildman–Crippen LogP) is 2.86. The minimum Gasteiger partial charge on any atom is -0.375 e. The Kier molecular flexibility index (Phi) is 4.70. The van der Waals surface area contributed by atoms with Gasteiger partial charge in [-0.15, -0.1) is 0 Å². The summed E-state index contributed by atoms with van der Waals surface area (Å²) in [6.07, 6.45) is 3.21. The molecular formula is C12H18ClN3OS. The number of morpholine rings is 1. The van der Waals surface area contributed by atoms with Crippen LogP contribution in [-0.4, -0.2) is 41.5 Å². The van der Waals surface area contributed by atoms with Crippen molar-refractivity contribution in [2.45, 2.75) is 37.6 Å². The van der Waals surface area contributed by atoms with E-state index >= 15 is 0 Å². The van der Waals surface area contributed by atoms with Gasteiger partial charge in [-0.2, -0.15) is 0 Å². The average molecular weight is 288 g/mol. The fourth-order valence-electron chi connectivity index (χ4n) is 2.09. The number of aromatic nitrogens is 2. The van der Waals surface area contributed by atoms with E-state index in [9.17, 15) is 0 Å². The fraction of sp³-hybridized carbons (Fsp3) is 0.667. The van der Waals surface area contributed by atoms with Gasteiger partial charge in [0.15, 0.2) is 5.16 Å². The summed E-state index contributed by atoms with van der Waals surface area (Å²) in [4.78, 5) is 11.0. The van der Waals surface area contributed by atoms with Crippen molar-refractivity contribution in [2.24, 2.45) is 0 Å². The number of hydrogen-bond donors (Lipinski definition) is 0. The van der Waals surface area contributed by atoms with Crippen LogP contribution >= 0.6 is 23.4 Å². The van der Waals surface area contributed by atoms with Crippen molar-refractivity contribution >= 4 is 29.2 Å². The Labute approximate surface area is 117 Å². The molecule has 6 heteroatoms.